The number of hydrazine groups is 1. The molecule has 1 aromatic heterocycles. The number of benzene rings is 3. The van der Waals surface area contributed by atoms with Gasteiger partial charge in [-0.3, -0.25) is 25.4 Å². The highest BCUT2D eigenvalue weighted by atomic mass is 16.5. The third-order valence-electron chi connectivity index (χ3n) is 5.39. The van der Waals surface area contributed by atoms with Crippen molar-refractivity contribution in [3.63, 3.8) is 0 Å². The fraction of sp³-hybridized carbons (Fsp3) is 0.160. The molecule has 0 aliphatic heterocycles. The standard InChI is InChI=1S/C25H23N3O3/c1-15-8-6-12-22(16(15)2)31-17(3)24(29)27-28-25(30)21-14-18-9-4-5-10-19(18)20-11-7-13-26-23(20)21/h4-14,17H,1-3H3,(H,27,29)(H,28,30)/t17-/m1/s1. The van der Waals surface area contributed by atoms with Gasteiger partial charge in [0, 0.05) is 11.6 Å². The van der Waals surface area contributed by atoms with Crippen LogP contribution >= 0.6 is 0 Å². The van der Waals surface area contributed by atoms with Crippen LogP contribution in [0.1, 0.15) is 28.4 Å². The van der Waals surface area contributed by atoms with Crippen molar-refractivity contribution in [3.05, 3.63) is 83.6 Å². The van der Waals surface area contributed by atoms with Crippen molar-refractivity contribution in [1.82, 2.24) is 15.8 Å². The summed E-state index contributed by atoms with van der Waals surface area (Å²) < 4.78 is 5.78. The number of rotatable bonds is 4. The van der Waals surface area contributed by atoms with Gasteiger partial charge in [-0.1, -0.05) is 42.5 Å². The summed E-state index contributed by atoms with van der Waals surface area (Å²) in [5.41, 5.74) is 7.96. The Kier molecular flexibility index (Phi) is 5.54. The summed E-state index contributed by atoms with van der Waals surface area (Å²) >= 11 is 0. The van der Waals surface area contributed by atoms with Crippen molar-refractivity contribution in [3.8, 4) is 5.75 Å². The quantitative estimate of drug-likeness (QED) is 0.388. The number of hydrogen-bond donors (Lipinski definition) is 2. The number of nitrogens with zero attached hydrogens (tertiary/aromatic N) is 1. The minimum absolute atomic E-state index is 0.387. The number of aryl methyl sites for hydroxylation is 1. The highest BCUT2D eigenvalue weighted by molar-refractivity contribution is 6.15. The van der Waals surface area contributed by atoms with Crippen LogP contribution in [-0.2, 0) is 4.79 Å². The molecule has 6 heteroatoms. The average Bonchev–Trinajstić information content (AvgIpc) is 2.79. The van der Waals surface area contributed by atoms with E-state index in [0.717, 1.165) is 27.3 Å². The van der Waals surface area contributed by atoms with E-state index in [9.17, 15) is 9.59 Å². The minimum Gasteiger partial charge on any atom is -0.481 e. The molecule has 0 bridgehead atoms. The van der Waals surface area contributed by atoms with Crippen LogP contribution in [0.5, 0.6) is 5.75 Å². The second kappa shape index (κ2) is 8.44. The van der Waals surface area contributed by atoms with Crippen molar-refractivity contribution in [2.75, 3.05) is 0 Å². The SMILES string of the molecule is Cc1cccc(O[C@H](C)C(=O)NNC(=O)c2cc3ccccc3c3cccnc23)c1C. The molecule has 4 rings (SSSR count). The number of hydrogen-bond acceptors (Lipinski definition) is 4. The first-order chi connectivity index (χ1) is 15.0. The molecule has 4 aromatic rings. The van der Waals surface area contributed by atoms with Gasteiger partial charge >= 0.3 is 0 Å². The maximum absolute atomic E-state index is 12.9. The zero-order valence-electron chi connectivity index (χ0n) is 17.6. The Morgan fingerprint density at radius 2 is 1.71 bits per heavy atom. The molecule has 156 valence electrons. The van der Waals surface area contributed by atoms with E-state index in [1.807, 2.05) is 68.4 Å². The van der Waals surface area contributed by atoms with Crippen LogP contribution in [0.2, 0.25) is 0 Å². The maximum Gasteiger partial charge on any atom is 0.279 e. The predicted octanol–water partition coefficient (Wildman–Crippen LogP) is 4.23. The fourth-order valence-corrected chi connectivity index (χ4v) is 3.49. The molecule has 0 saturated heterocycles. The average molecular weight is 413 g/mol. The number of nitrogens with one attached hydrogen (secondary N) is 2. The highest BCUT2D eigenvalue weighted by Gasteiger charge is 2.19. The van der Waals surface area contributed by atoms with E-state index in [2.05, 4.69) is 15.8 Å². The zero-order chi connectivity index (χ0) is 22.0. The maximum atomic E-state index is 12.9. The first-order valence-corrected chi connectivity index (χ1v) is 10.0. The van der Waals surface area contributed by atoms with Gasteiger partial charge in [-0.2, -0.15) is 0 Å². The van der Waals surface area contributed by atoms with Gasteiger partial charge in [0.15, 0.2) is 6.10 Å². The van der Waals surface area contributed by atoms with E-state index in [-0.39, 0.29) is 0 Å². The summed E-state index contributed by atoms with van der Waals surface area (Å²) in [5, 5.41) is 2.82. The number of fused-ring (bicyclic) bond motifs is 3. The predicted molar refractivity (Wildman–Crippen MR) is 121 cm³/mol. The first kappa shape index (κ1) is 20.3. The summed E-state index contributed by atoms with van der Waals surface area (Å²) in [6.07, 6.45) is 0.860. The molecular weight excluding hydrogens is 390 g/mol. The topological polar surface area (TPSA) is 80.3 Å². The lowest BCUT2D eigenvalue weighted by molar-refractivity contribution is -0.128. The molecule has 0 fully saturated rings. The molecule has 0 unspecified atom stereocenters. The van der Waals surface area contributed by atoms with Gasteiger partial charge in [0.05, 0.1) is 11.1 Å². The molecule has 0 aliphatic carbocycles. The Balaban J connectivity index is 1.51. The molecule has 1 atom stereocenters. The lowest BCUT2D eigenvalue weighted by Gasteiger charge is -2.17. The Labute approximate surface area is 180 Å². The van der Waals surface area contributed by atoms with Crippen LogP contribution in [0, 0.1) is 13.8 Å². The van der Waals surface area contributed by atoms with Crippen LogP contribution < -0.4 is 15.6 Å². The molecular formula is C25H23N3O3. The summed E-state index contributed by atoms with van der Waals surface area (Å²) in [7, 11) is 0. The Morgan fingerprint density at radius 3 is 2.55 bits per heavy atom. The van der Waals surface area contributed by atoms with E-state index < -0.39 is 17.9 Å². The Bertz CT molecular complexity index is 1300. The van der Waals surface area contributed by atoms with Gasteiger partial charge in [0.25, 0.3) is 11.8 Å². The summed E-state index contributed by atoms with van der Waals surface area (Å²) in [4.78, 5) is 29.8. The number of ether oxygens (including phenoxy) is 1. The first-order valence-electron chi connectivity index (χ1n) is 10.0. The number of pyridine rings is 1. The van der Waals surface area contributed by atoms with Crippen molar-refractivity contribution >= 4 is 33.5 Å². The zero-order valence-corrected chi connectivity index (χ0v) is 17.6. The highest BCUT2D eigenvalue weighted by Crippen LogP contribution is 2.27. The molecule has 1 heterocycles. The molecule has 31 heavy (non-hydrogen) atoms. The van der Waals surface area contributed by atoms with Gasteiger partial charge in [0.2, 0.25) is 0 Å². The van der Waals surface area contributed by atoms with Crippen LogP contribution in [0.3, 0.4) is 0 Å². The summed E-state index contributed by atoms with van der Waals surface area (Å²) in [6.45, 7) is 5.56. The van der Waals surface area contributed by atoms with Crippen molar-refractivity contribution in [2.24, 2.45) is 0 Å². The van der Waals surface area contributed by atoms with E-state index in [1.165, 1.54) is 0 Å². The number of carbonyl (C=O) groups is 2. The smallest absolute Gasteiger partial charge is 0.279 e. The Morgan fingerprint density at radius 1 is 0.935 bits per heavy atom. The third-order valence-corrected chi connectivity index (χ3v) is 5.39. The van der Waals surface area contributed by atoms with Crippen molar-refractivity contribution in [1.29, 1.82) is 0 Å². The molecule has 3 aromatic carbocycles. The van der Waals surface area contributed by atoms with Crippen LogP contribution in [-0.4, -0.2) is 22.9 Å². The third kappa shape index (κ3) is 4.05. The van der Waals surface area contributed by atoms with Crippen molar-refractivity contribution in [2.45, 2.75) is 26.9 Å². The van der Waals surface area contributed by atoms with Crippen LogP contribution in [0.4, 0.5) is 0 Å². The number of carbonyl (C=O) groups excluding carboxylic acids is 2. The van der Waals surface area contributed by atoms with Gasteiger partial charge in [-0.25, -0.2) is 0 Å². The van der Waals surface area contributed by atoms with E-state index in [4.69, 9.17) is 4.74 Å². The lowest BCUT2D eigenvalue weighted by Crippen LogP contribution is -2.47. The second-order valence-corrected chi connectivity index (χ2v) is 7.45. The monoisotopic (exact) mass is 413 g/mol. The van der Waals surface area contributed by atoms with E-state index in [0.29, 0.717) is 16.8 Å². The van der Waals surface area contributed by atoms with E-state index >= 15 is 0 Å². The molecule has 0 aliphatic rings. The van der Waals surface area contributed by atoms with Crippen LogP contribution in [0.25, 0.3) is 21.7 Å². The molecule has 0 saturated carbocycles. The number of amides is 2. The number of aromatic nitrogens is 1. The largest absolute Gasteiger partial charge is 0.481 e. The molecule has 6 nitrogen and oxygen atoms in total. The summed E-state index contributed by atoms with van der Waals surface area (Å²) in [5.74, 6) is -0.257. The molecule has 2 amide bonds. The fourth-order valence-electron chi connectivity index (χ4n) is 3.49. The van der Waals surface area contributed by atoms with Gasteiger partial charge < -0.3 is 4.74 Å². The second-order valence-electron chi connectivity index (χ2n) is 7.45. The van der Waals surface area contributed by atoms with Gasteiger partial charge in [-0.05, 0) is 60.9 Å². The molecule has 2 N–H and O–H groups in total. The summed E-state index contributed by atoms with van der Waals surface area (Å²) in [6, 6.07) is 19.0. The van der Waals surface area contributed by atoms with Crippen molar-refractivity contribution < 1.29 is 14.3 Å². The molecule has 0 radical (unpaired) electrons. The van der Waals surface area contributed by atoms with Crippen LogP contribution in [0.15, 0.2) is 66.9 Å². The molecule has 0 spiro atoms. The van der Waals surface area contributed by atoms with E-state index in [1.54, 1.807) is 19.2 Å². The Hall–Kier alpha value is -3.93. The van der Waals surface area contributed by atoms with Gasteiger partial charge in [-0.15, -0.1) is 0 Å². The normalized spacial score (nSPS) is 11.8. The lowest BCUT2D eigenvalue weighted by atomic mass is 10.0. The minimum atomic E-state index is -0.785. The van der Waals surface area contributed by atoms with Gasteiger partial charge in [0.1, 0.15) is 5.75 Å².